The van der Waals surface area contributed by atoms with Crippen LogP contribution < -0.4 is 10.1 Å². The number of alkyl halides is 3. The topological polar surface area (TPSA) is 93.4 Å². The number of hydrogen-bond donors (Lipinski definition) is 1. The van der Waals surface area contributed by atoms with Gasteiger partial charge in [-0.15, -0.1) is 5.10 Å². The lowest BCUT2D eigenvalue weighted by Crippen LogP contribution is -2.28. The number of aryl methyl sites for hydroxylation is 1. The fraction of sp³-hybridized carbons (Fsp3) is 0.455. The van der Waals surface area contributed by atoms with Crippen LogP contribution in [0.3, 0.4) is 0 Å². The number of aromatic nitrogens is 3. The van der Waals surface area contributed by atoms with Gasteiger partial charge in [0.1, 0.15) is 11.4 Å². The quantitative estimate of drug-likeness (QED) is 0.579. The molecular weight excluding hydrogens is 439 g/mol. The first-order valence-electron chi connectivity index (χ1n) is 10.2. The molecule has 0 fully saturated rings. The summed E-state index contributed by atoms with van der Waals surface area (Å²) >= 11 is 0. The van der Waals surface area contributed by atoms with Gasteiger partial charge in [0.25, 0.3) is 5.89 Å². The third kappa shape index (κ3) is 5.91. The van der Waals surface area contributed by atoms with Crippen LogP contribution in [-0.2, 0) is 10.2 Å². The van der Waals surface area contributed by atoms with Crippen LogP contribution in [-0.4, -0.2) is 59.4 Å². The fourth-order valence-electron chi connectivity index (χ4n) is 3.10. The molecule has 3 aromatic rings. The molecule has 0 aliphatic rings. The minimum atomic E-state index is -4.44. The average Bonchev–Trinajstić information content (AvgIpc) is 3.17. The molecule has 178 valence electrons. The number of carbonyl (C=O) groups excluding carboxylic acids is 1. The lowest BCUT2D eigenvalue weighted by molar-refractivity contribution is -0.153. The van der Waals surface area contributed by atoms with Crippen molar-refractivity contribution in [2.75, 3.05) is 32.6 Å². The van der Waals surface area contributed by atoms with Gasteiger partial charge in [0.05, 0.1) is 12.1 Å². The second-order valence-corrected chi connectivity index (χ2v) is 8.90. The van der Waals surface area contributed by atoms with Crippen molar-refractivity contribution in [1.29, 1.82) is 0 Å². The number of anilines is 1. The highest BCUT2D eigenvalue weighted by Crippen LogP contribution is 2.36. The highest BCUT2D eigenvalue weighted by Gasteiger charge is 2.29. The maximum absolute atomic E-state index is 12.7. The molecule has 0 atom stereocenters. The van der Waals surface area contributed by atoms with Crippen molar-refractivity contribution in [3.8, 4) is 17.3 Å². The second-order valence-electron chi connectivity index (χ2n) is 8.90. The molecule has 0 unspecified atom stereocenters. The predicted octanol–water partition coefficient (Wildman–Crippen LogP) is 4.33. The second kappa shape index (κ2) is 8.87. The summed E-state index contributed by atoms with van der Waals surface area (Å²) in [6.07, 6.45) is -4.44. The van der Waals surface area contributed by atoms with Crippen LogP contribution in [0, 0.1) is 6.92 Å². The molecule has 0 aliphatic heterocycles. The lowest BCUT2D eigenvalue weighted by atomic mass is 9.84. The molecule has 1 amide bonds. The van der Waals surface area contributed by atoms with E-state index < -0.39 is 18.2 Å². The van der Waals surface area contributed by atoms with Gasteiger partial charge in [-0.1, -0.05) is 25.9 Å². The first kappa shape index (κ1) is 24.3. The Kier molecular flexibility index (Phi) is 6.53. The third-order valence-corrected chi connectivity index (χ3v) is 4.84. The number of fused-ring (bicyclic) bond motifs is 1. The molecular formula is C22H26F3N5O3. The molecule has 2 aromatic heterocycles. The first-order chi connectivity index (χ1) is 15.2. The van der Waals surface area contributed by atoms with E-state index in [-0.39, 0.29) is 30.1 Å². The Hall–Kier alpha value is -3.37. The van der Waals surface area contributed by atoms with E-state index in [2.05, 4.69) is 20.5 Å². The zero-order chi connectivity index (χ0) is 24.6. The number of rotatable bonds is 6. The molecule has 1 N–H and O–H groups in total. The minimum Gasteiger partial charge on any atom is -0.484 e. The van der Waals surface area contributed by atoms with Gasteiger partial charge in [0.15, 0.2) is 6.61 Å². The normalized spacial score (nSPS) is 12.2. The molecule has 8 nitrogen and oxygen atoms in total. The van der Waals surface area contributed by atoms with Gasteiger partial charge < -0.3 is 19.4 Å². The van der Waals surface area contributed by atoms with Gasteiger partial charge in [-0.25, -0.2) is 4.98 Å². The van der Waals surface area contributed by atoms with Crippen LogP contribution in [0.15, 0.2) is 22.6 Å². The number of ether oxygens (including phenoxy) is 1. The Balaban J connectivity index is 2.00. The smallest absolute Gasteiger partial charge is 0.422 e. The number of benzene rings is 1. The number of likely N-dealkylation sites (N-methyl/N-ethyl adjacent to an activating group) is 1. The van der Waals surface area contributed by atoms with Crippen LogP contribution in [0.1, 0.15) is 31.9 Å². The molecule has 0 bridgehead atoms. The average molecular weight is 465 g/mol. The fourth-order valence-corrected chi connectivity index (χ4v) is 3.10. The Morgan fingerprint density at radius 1 is 1.15 bits per heavy atom. The number of nitrogens with one attached hydrogen (secondary N) is 1. The molecule has 33 heavy (non-hydrogen) atoms. The van der Waals surface area contributed by atoms with Crippen molar-refractivity contribution in [2.45, 2.75) is 39.3 Å². The zero-order valence-corrected chi connectivity index (χ0v) is 19.3. The Morgan fingerprint density at radius 3 is 2.45 bits per heavy atom. The van der Waals surface area contributed by atoms with E-state index in [1.54, 1.807) is 32.3 Å². The number of halogens is 3. The zero-order valence-electron chi connectivity index (χ0n) is 19.3. The van der Waals surface area contributed by atoms with E-state index in [1.165, 1.54) is 4.90 Å². The summed E-state index contributed by atoms with van der Waals surface area (Å²) in [5, 5.41) is 11.3. The Bertz CT molecular complexity index is 1170. The molecule has 0 aliphatic carbocycles. The summed E-state index contributed by atoms with van der Waals surface area (Å²) in [6, 6.07) is 4.92. The maximum atomic E-state index is 12.7. The van der Waals surface area contributed by atoms with Crippen molar-refractivity contribution in [1.82, 2.24) is 20.1 Å². The van der Waals surface area contributed by atoms with E-state index >= 15 is 0 Å². The highest BCUT2D eigenvalue weighted by atomic mass is 19.4. The molecule has 0 spiro atoms. The van der Waals surface area contributed by atoms with Gasteiger partial charge in [0.2, 0.25) is 5.91 Å². The lowest BCUT2D eigenvalue weighted by Gasteiger charge is -2.23. The first-order valence-corrected chi connectivity index (χ1v) is 10.2. The Labute approximate surface area is 189 Å². The van der Waals surface area contributed by atoms with E-state index in [0.29, 0.717) is 16.6 Å². The predicted molar refractivity (Wildman–Crippen MR) is 117 cm³/mol. The van der Waals surface area contributed by atoms with Crippen LogP contribution in [0.25, 0.3) is 22.5 Å². The van der Waals surface area contributed by atoms with Gasteiger partial charge >= 0.3 is 12.2 Å². The molecule has 0 saturated heterocycles. The van der Waals surface area contributed by atoms with E-state index in [0.717, 1.165) is 11.1 Å². The summed E-state index contributed by atoms with van der Waals surface area (Å²) in [4.78, 5) is 17.8. The van der Waals surface area contributed by atoms with Crippen LogP contribution in [0.4, 0.5) is 19.2 Å². The van der Waals surface area contributed by atoms with Crippen LogP contribution >= 0.6 is 0 Å². The van der Waals surface area contributed by atoms with Gasteiger partial charge in [-0.3, -0.25) is 4.79 Å². The standard InChI is InChI=1S/C22H26F3N5O3/c1-12-7-16(19-28-29-20(33-19)26-10-17(31)30(5)6)27-18-14(12)8-13(32-11-22(23,24)25)9-15(18)21(2,3)4/h7-9H,10-11H2,1-6H3,(H,26,29). The van der Waals surface area contributed by atoms with E-state index in [1.807, 2.05) is 27.7 Å². The number of carbonyl (C=O) groups is 1. The molecule has 1 aromatic carbocycles. The molecule has 3 rings (SSSR count). The summed E-state index contributed by atoms with van der Waals surface area (Å²) in [7, 11) is 3.27. The molecule has 2 heterocycles. The van der Waals surface area contributed by atoms with Crippen molar-refractivity contribution in [2.24, 2.45) is 0 Å². The van der Waals surface area contributed by atoms with Gasteiger partial charge in [0, 0.05) is 19.5 Å². The molecule has 0 saturated carbocycles. The van der Waals surface area contributed by atoms with E-state index in [4.69, 9.17) is 9.15 Å². The van der Waals surface area contributed by atoms with Crippen molar-refractivity contribution in [3.63, 3.8) is 0 Å². The van der Waals surface area contributed by atoms with Crippen molar-refractivity contribution >= 4 is 22.8 Å². The number of amides is 1. The Morgan fingerprint density at radius 2 is 1.85 bits per heavy atom. The summed E-state index contributed by atoms with van der Waals surface area (Å²) in [5.41, 5.74) is 2.06. The number of nitrogens with zero attached hydrogens (tertiary/aromatic N) is 4. The highest BCUT2D eigenvalue weighted by molar-refractivity contribution is 5.89. The molecule has 0 radical (unpaired) electrons. The monoisotopic (exact) mass is 465 g/mol. The molecule has 11 heteroatoms. The third-order valence-electron chi connectivity index (χ3n) is 4.84. The SMILES string of the molecule is Cc1cc(-c2nnc(NCC(=O)N(C)C)o2)nc2c(C(C)(C)C)cc(OCC(F)(F)F)cc12. The van der Waals surface area contributed by atoms with Crippen LogP contribution in [0.5, 0.6) is 5.75 Å². The summed E-state index contributed by atoms with van der Waals surface area (Å²) in [5.74, 6) is 0.113. The van der Waals surface area contributed by atoms with E-state index in [9.17, 15) is 18.0 Å². The summed E-state index contributed by atoms with van der Waals surface area (Å²) in [6.45, 7) is 6.26. The summed E-state index contributed by atoms with van der Waals surface area (Å²) < 4.78 is 48.6. The number of pyridine rings is 1. The minimum absolute atomic E-state index is 0.00627. The van der Waals surface area contributed by atoms with Crippen LogP contribution in [0.2, 0.25) is 0 Å². The van der Waals surface area contributed by atoms with Crippen molar-refractivity contribution < 1.29 is 27.1 Å². The number of hydrogen-bond acceptors (Lipinski definition) is 7. The van der Waals surface area contributed by atoms with Gasteiger partial charge in [-0.2, -0.15) is 13.2 Å². The van der Waals surface area contributed by atoms with Crippen molar-refractivity contribution in [3.05, 3.63) is 29.3 Å². The largest absolute Gasteiger partial charge is 0.484 e. The van der Waals surface area contributed by atoms with Gasteiger partial charge in [-0.05, 0) is 41.7 Å². The maximum Gasteiger partial charge on any atom is 0.422 e.